The molecule has 0 saturated heterocycles. The van der Waals surface area contributed by atoms with Crippen LogP contribution in [-0.2, 0) is 38.5 Å². The molecule has 0 aliphatic carbocycles. The summed E-state index contributed by atoms with van der Waals surface area (Å²) in [5.41, 5.74) is 0.607. The maximum absolute atomic E-state index is 13.8. The lowest BCUT2D eigenvalue weighted by Crippen LogP contribution is -2.63. The summed E-state index contributed by atoms with van der Waals surface area (Å²) in [5, 5.41) is 21.9. The third-order valence-corrected chi connectivity index (χ3v) is 9.74. The van der Waals surface area contributed by atoms with Crippen molar-refractivity contribution in [2.24, 2.45) is 5.92 Å². The molecule has 52 heavy (non-hydrogen) atoms. The number of hydrogen-bond acceptors (Lipinski definition) is 8. The number of nitrogens with one attached hydrogen (secondary N) is 4. The lowest BCUT2D eigenvalue weighted by atomic mass is 9.92. The van der Waals surface area contributed by atoms with Crippen LogP contribution in [0.2, 0.25) is 0 Å². The summed E-state index contributed by atoms with van der Waals surface area (Å²) in [7, 11) is 0. The van der Waals surface area contributed by atoms with E-state index in [1.54, 1.807) is 24.3 Å². The van der Waals surface area contributed by atoms with Crippen molar-refractivity contribution in [2.45, 2.75) is 63.8 Å². The van der Waals surface area contributed by atoms with E-state index in [2.05, 4.69) is 21.3 Å². The van der Waals surface area contributed by atoms with Gasteiger partial charge in [0.05, 0.1) is 19.3 Å². The second kappa shape index (κ2) is 20.9. The molecule has 3 aromatic carbocycles. The van der Waals surface area contributed by atoms with Crippen LogP contribution >= 0.6 is 11.8 Å². The Morgan fingerprint density at radius 1 is 0.962 bits per heavy atom. The summed E-state index contributed by atoms with van der Waals surface area (Å²) in [5.74, 6) is -0.541. The van der Waals surface area contributed by atoms with Crippen LogP contribution in [-0.4, -0.2) is 84.6 Å². The Morgan fingerprint density at radius 2 is 1.63 bits per heavy atom. The zero-order valence-electron chi connectivity index (χ0n) is 29.8. The number of rotatable bonds is 13. The highest BCUT2D eigenvalue weighted by Crippen LogP contribution is 2.21. The van der Waals surface area contributed by atoms with E-state index >= 15 is 0 Å². The molecule has 1 unspecified atom stereocenters. The van der Waals surface area contributed by atoms with E-state index in [1.165, 1.54) is 11.8 Å². The first-order valence-electron chi connectivity index (χ1n) is 17.6. The van der Waals surface area contributed by atoms with E-state index in [1.807, 2.05) is 74.5 Å². The number of thioether (sulfide) groups is 1. The van der Waals surface area contributed by atoms with Crippen LogP contribution in [0.25, 0.3) is 0 Å². The van der Waals surface area contributed by atoms with Gasteiger partial charge in [-0.3, -0.25) is 4.79 Å². The van der Waals surface area contributed by atoms with Gasteiger partial charge in [0.15, 0.2) is 5.54 Å². The maximum Gasteiger partial charge on any atom is 0.407 e. The van der Waals surface area contributed by atoms with Crippen molar-refractivity contribution < 1.29 is 38.5 Å². The fourth-order valence-corrected chi connectivity index (χ4v) is 6.52. The van der Waals surface area contributed by atoms with Crippen molar-refractivity contribution in [3.63, 3.8) is 0 Å². The van der Waals surface area contributed by atoms with E-state index in [4.69, 9.17) is 14.2 Å². The van der Waals surface area contributed by atoms with Crippen LogP contribution in [0, 0.1) is 5.92 Å². The molecule has 2 aliphatic rings. The Labute approximate surface area is 309 Å². The Hall–Kier alpha value is -4.75. The number of carboxylic acid groups (broad SMARTS) is 1. The molecule has 5 rings (SSSR count). The van der Waals surface area contributed by atoms with Gasteiger partial charge in [0, 0.05) is 37.5 Å². The smallest absolute Gasteiger partial charge is 0.407 e. The largest absolute Gasteiger partial charge is 0.494 e. The number of urea groups is 1. The standard InChI is InChI=1S/C39H50N4O8S/c1-28(2)34-26-49-20-9-10-21-50-32-17-15-29(16-18-32)23-33(35(44)41-34)42-37(47)43-39(36(45)46,24-30-11-5-3-6-12-30)27-52-22-19-40-38(48)51-25-31-13-7-4-8-14-31/h3-8,11-18,28,33-34H,9-10,19-27H2,1-2H3,(H,40,48)(H,41,44)(H,45,46)(H2,42,43,47)/t33-,34-,39?/m1/s1. The highest BCUT2D eigenvalue weighted by atomic mass is 32.2. The fraction of sp³-hybridized carbons (Fsp3) is 0.436. The number of fused-ring (bicyclic) bond motifs is 13. The second-order valence-corrected chi connectivity index (χ2v) is 14.2. The first-order chi connectivity index (χ1) is 25.1. The molecular formula is C39H50N4O8S. The molecule has 4 amide bonds. The summed E-state index contributed by atoms with van der Waals surface area (Å²) in [6, 6.07) is 23.5. The quantitative estimate of drug-likeness (QED) is 0.153. The molecule has 0 radical (unpaired) electrons. The first kappa shape index (κ1) is 40.0. The van der Waals surface area contributed by atoms with Crippen LogP contribution < -0.4 is 26.0 Å². The number of carbonyl (C=O) groups excluding carboxylic acids is 3. The average Bonchev–Trinajstić information content (AvgIpc) is 3.13. The number of ether oxygens (including phenoxy) is 3. The zero-order chi connectivity index (χ0) is 37.2. The predicted molar refractivity (Wildman–Crippen MR) is 200 cm³/mol. The zero-order valence-corrected chi connectivity index (χ0v) is 30.6. The highest BCUT2D eigenvalue weighted by molar-refractivity contribution is 7.99. The molecule has 2 aliphatic heterocycles. The van der Waals surface area contributed by atoms with E-state index in [0.717, 1.165) is 24.0 Å². The number of carbonyl (C=O) groups is 4. The summed E-state index contributed by atoms with van der Waals surface area (Å²) in [6.07, 6.45) is 1.21. The van der Waals surface area contributed by atoms with Crippen LogP contribution in [0.15, 0.2) is 84.9 Å². The monoisotopic (exact) mass is 734 g/mol. The topological polar surface area (TPSA) is 164 Å². The van der Waals surface area contributed by atoms with E-state index in [9.17, 15) is 24.3 Å². The molecule has 2 heterocycles. The Kier molecular flexibility index (Phi) is 16.1. The maximum atomic E-state index is 13.8. The van der Waals surface area contributed by atoms with Crippen LogP contribution in [0.3, 0.4) is 0 Å². The molecular weight excluding hydrogens is 685 g/mol. The molecule has 2 bridgehead atoms. The van der Waals surface area contributed by atoms with Crippen LogP contribution in [0.1, 0.15) is 43.4 Å². The Balaban J connectivity index is 1.46. The van der Waals surface area contributed by atoms with Crippen molar-refractivity contribution >= 4 is 35.8 Å². The van der Waals surface area contributed by atoms with Crippen molar-refractivity contribution in [1.29, 1.82) is 0 Å². The molecule has 0 spiro atoms. The van der Waals surface area contributed by atoms with Gasteiger partial charge in [0.1, 0.15) is 18.4 Å². The van der Waals surface area contributed by atoms with Gasteiger partial charge in [-0.15, -0.1) is 0 Å². The number of hydrogen-bond donors (Lipinski definition) is 5. The Morgan fingerprint density at radius 3 is 2.31 bits per heavy atom. The lowest BCUT2D eigenvalue weighted by Gasteiger charge is -2.32. The molecule has 13 heteroatoms. The normalized spacial score (nSPS) is 17.9. The third-order valence-electron chi connectivity index (χ3n) is 8.55. The number of alkyl carbamates (subject to hydrolysis) is 1. The van der Waals surface area contributed by atoms with Crippen molar-refractivity contribution in [3.8, 4) is 5.75 Å². The molecule has 0 saturated carbocycles. The molecule has 0 aromatic heterocycles. The van der Waals surface area contributed by atoms with E-state index < -0.39 is 35.6 Å². The minimum absolute atomic E-state index is 0.0127. The van der Waals surface area contributed by atoms with Gasteiger partial charge in [-0.25, -0.2) is 14.4 Å². The molecule has 5 N–H and O–H groups in total. The summed E-state index contributed by atoms with van der Waals surface area (Å²) < 4.78 is 17.0. The van der Waals surface area contributed by atoms with E-state index in [-0.39, 0.29) is 43.7 Å². The van der Waals surface area contributed by atoms with Crippen molar-refractivity contribution in [1.82, 2.24) is 21.3 Å². The van der Waals surface area contributed by atoms with Gasteiger partial charge in [-0.05, 0) is 47.6 Å². The molecule has 280 valence electrons. The van der Waals surface area contributed by atoms with Crippen LogP contribution in [0.4, 0.5) is 9.59 Å². The SMILES string of the molecule is CC(C)[C@H]1COCCCCOc2ccc(cc2)C[C@@H](NC(=O)NC(CSCCNC(=O)OCc2ccccc2)(Cc2ccccc2)C(=O)O)C(=O)N1. The summed E-state index contributed by atoms with van der Waals surface area (Å²) in [4.78, 5) is 52.8. The fourth-order valence-electron chi connectivity index (χ4n) is 5.48. The number of aliphatic carboxylic acids is 1. The van der Waals surface area contributed by atoms with Crippen molar-refractivity contribution in [3.05, 3.63) is 102 Å². The first-order valence-corrected chi connectivity index (χ1v) is 18.8. The molecule has 3 atom stereocenters. The van der Waals surface area contributed by atoms with E-state index in [0.29, 0.717) is 36.9 Å². The van der Waals surface area contributed by atoms with Gasteiger partial charge in [0.2, 0.25) is 5.91 Å². The summed E-state index contributed by atoms with van der Waals surface area (Å²) in [6.45, 7) is 5.71. The number of benzene rings is 3. The Bertz CT molecular complexity index is 1560. The molecule has 0 fully saturated rings. The van der Waals surface area contributed by atoms with Gasteiger partial charge in [0.25, 0.3) is 0 Å². The number of amides is 4. The number of carboxylic acids is 1. The minimum Gasteiger partial charge on any atom is -0.494 e. The van der Waals surface area contributed by atoms with Crippen molar-refractivity contribution in [2.75, 3.05) is 37.9 Å². The summed E-state index contributed by atoms with van der Waals surface area (Å²) >= 11 is 1.26. The van der Waals surface area contributed by atoms with Gasteiger partial charge in [-0.2, -0.15) is 11.8 Å². The predicted octanol–water partition coefficient (Wildman–Crippen LogP) is 4.95. The lowest BCUT2D eigenvalue weighted by molar-refractivity contribution is -0.143. The average molecular weight is 735 g/mol. The van der Waals surface area contributed by atoms with Gasteiger partial charge >= 0.3 is 18.1 Å². The van der Waals surface area contributed by atoms with Gasteiger partial charge in [-0.1, -0.05) is 86.6 Å². The second-order valence-electron chi connectivity index (χ2n) is 13.1. The molecule has 3 aromatic rings. The van der Waals surface area contributed by atoms with Gasteiger partial charge < -0.3 is 40.6 Å². The minimum atomic E-state index is -1.74. The molecule has 12 nitrogen and oxygen atoms in total. The van der Waals surface area contributed by atoms with Crippen LogP contribution in [0.5, 0.6) is 5.75 Å². The highest BCUT2D eigenvalue weighted by Gasteiger charge is 2.41. The third kappa shape index (κ3) is 13.4.